The Balaban J connectivity index is 1.41. The lowest BCUT2D eigenvalue weighted by atomic mass is 9.69. The average Bonchev–Trinajstić information content (AvgIpc) is 3.69. The molecule has 0 aliphatic rings. The number of likely N-dealkylation sites (N-methyl/N-ethyl adjacent to an activating group) is 1. The molecule has 0 aliphatic carbocycles. The third kappa shape index (κ3) is 17.3. The van der Waals surface area contributed by atoms with E-state index in [2.05, 4.69) is 96.6 Å². The summed E-state index contributed by atoms with van der Waals surface area (Å²) in [5.74, 6) is 1.03. The fourth-order valence-electron chi connectivity index (χ4n) is 8.38. The van der Waals surface area contributed by atoms with E-state index in [1.165, 1.54) is 22.7 Å². The number of nitrogens with zero attached hydrogens (tertiary/aromatic N) is 5. The molecule has 2 amide bonds. The van der Waals surface area contributed by atoms with Gasteiger partial charge in [0.25, 0.3) is 0 Å². The number of aliphatic hydroxyl groups is 1. The molecule has 10 nitrogen and oxygen atoms in total. The molecule has 2 aromatic heterocycles. The third-order valence-electron chi connectivity index (χ3n) is 11.5. The Morgan fingerprint density at radius 3 is 2.41 bits per heavy atom. The molecule has 0 spiro atoms. The van der Waals surface area contributed by atoms with Crippen molar-refractivity contribution in [2.75, 3.05) is 31.9 Å². The van der Waals surface area contributed by atoms with E-state index in [1.807, 2.05) is 61.3 Å². The minimum absolute atomic E-state index is 0.00972. The van der Waals surface area contributed by atoms with E-state index < -0.39 is 16.3 Å². The van der Waals surface area contributed by atoms with E-state index >= 15 is 0 Å². The molecule has 4 aromatic rings. The second-order valence-corrected chi connectivity index (χ2v) is 23.2. The molecule has 5 unspecified atom stereocenters. The van der Waals surface area contributed by atoms with Gasteiger partial charge in [0.2, 0.25) is 11.8 Å². The zero-order valence-electron chi connectivity index (χ0n) is 39.1. The zero-order valence-corrected chi connectivity index (χ0v) is 42.3. The van der Waals surface area contributed by atoms with Crippen LogP contribution in [0.1, 0.15) is 124 Å². The van der Waals surface area contributed by atoms with Crippen LogP contribution in [0.2, 0.25) is 5.02 Å². The summed E-state index contributed by atoms with van der Waals surface area (Å²) in [6.45, 7) is 22.6. The van der Waals surface area contributed by atoms with Crippen LogP contribution in [0.3, 0.4) is 0 Å². The van der Waals surface area contributed by atoms with Crippen LogP contribution in [-0.2, 0) is 29.1 Å². The van der Waals surface area contributed by atoms with E-state index in [0.717, 1.165) is 68.6 Å². The van der Waals surface area contributed by atoms with Crippen LogP contribution in [0.4, 0.5) is 0 Å². The number of carbonyl (C=O) groups is 2. The molecular formula is C49H72ClN7O3S3. The van der Waals surface area contributed by atoms with E-state index in [-0.39, 0.29) is 42.7 Å². The van der Waals surface area contributed by atoms with Gasteiger partial charge in [0, 0.05) is 35.1 Å². The summed E-state index contributed by atoms with van der Waals surface area (Å²) < 4.78 is 1.43. The number of hydrogen-bond donors (Lipinski definition) is 3. The smallest absolute Gasteiger partial charge is 0.236 e. The highest BCUT2D eigenvalue weighted by atomic mass is 35.5. The van der Waals surface area contributed by atoms with Crippen LogP contribution in [-0.4, -0.2) is 88.1 Å². The number of amides is 2. The first-order valence-corrected chi connectivity index (χ1v) is 25.2. The topological polar surface area (TPSA) is 125 Å². The minimum atomic E-state index is -1.09. The van der Waals surface area contributed by atoms with Gasteiger partial charge in [0.15, 0.2) is 0 Å². The number of thioether (sulfide) groups is 2. The molecule has 0 radical (unpaired) electrons. The lowest BCUT2D eigenvalue weighted by molar-refractivity contribution is -0.133. The fourth-order valence-corrected chi connectivity index (χ4v) is 11.7. The van der Waals surface area contributed by atoms with Crippen LogP contribution in [0.15, 0.2) is 67.0 Å². The van der Waals surface area contributed by atoms with Crippen molar-refractivity contribution in [2.24, 2.45) is 16.7 Å². The fraction of sp³-hybridized carbons (Fsp3) is 0.592. The van der Waals surface area contributed by atoms with E-state index in [4.69, 9.17) is 23.8 Å². The van der Waals surface area contributed by atoms with Crippen molar-refractivity contribution < 1.29 is 14.7 Å². The number of halogens is 1. The largest absolute Gasteiger partial charge is 0.392 e. The number of nitrogens with one attached hydrogen (secondary N) is 2. The van der Waals surface area contributed by atoms with Gasteiger partial charge in [-0.05, 0) is 124 Å². The van der Waals surface area contributed by atoms with Gasteiger partial charge in [0.05, 0.1) is 35.7 Å². The summed E-state index contributed by atoms with van der Waals surface area (Å²) in [6.07, 6.45) is 8.83. The highest BCUT2D eigenvalue weighted by Crippen LogP contribution is 2.47. The highest BCUT2D eigenvalue weighted by Gasteiger charge is 2.47. The molecule has 0 saturated carbocycles. The maximum absolute atomic E-state index is 14.5. The minimum Gasteiger partial charge on any atom is -0.392 e. The summed E-state index contributed by atoms with van der Waals surface area (Å²) in [6, 6.07) is 18.4. The Morgan fingerprint density at radius 2 is 1.73 bits per heavy atom. The Hall–Kier alpha value is -3.07. The first-order chi connectivity index (χ1) is 29.8. The van der Waals surface area contributed by atoms with Crippen LogP contribution < -0.4 is 10.6 Å². The molecular weight excluding hydrogens is 866 g/mol. The van der Waals surface area contributed by atoms with Gasteiger partial charge in [-0.15, -0.1) is 16.9 Å². The maximum atomic E-state index is 14.5. The average molecular weight is 939 g/mol. The van der Waals surface area contributed by atoms with E-state index in [9.17, 15) is 14.7 Å². The second kappa shape index (κ2) is 25.0. The lowest BCUT2D eigenvalue weighted by Gasteiger charge is -2.40. The zero-order chi connectivity index (χ0) is 46.2. The molecule has 2 heterocycles. The molecule has 0 bridgehead atoms. The SMILES string of the molecule is CCCSC(=S)SC(C)(CC(C)(CC(CC(C)(C)C)c1ccccc1)C(=O)NCC(C)O)C(=O)NCc1cn(CCN(CC)CCCC(C)Cc2ccnc3cc(Cl)ccc23)nn1. The van der Waals surface area contributed by atoms with Crippen LogP contribution >= 0.6 is 47.3 Å². The predicted octanol–water partition coefficient (Wildman–Crippen LogP) is 10.5. The lowest BCUT2D eigenvalue weighted by Crippen LogP contribution is -2.51. The number of hydrogen-bond acceptors (Lipinski definition) is 10. The van der Waals surface area contributed by atoms with E-state index in [1.54, 1.807) is 18.7 Å². The van der Waals surface area contributed by atoms with Crippen LogP contribution in [0, 0.1) is 16.7 Å². The summed E-state index contributed by atoms with van der Waals surface area (Å²) in [5, 5.41) is 27.0. The van der Waals surface area contributed by atoms with Crippen molar-refractivity contribution >= 4 is 73.6 Å². The van der Waals surface area contributed by atoms with Crippen molar-refractivity contribution in [1.82, 2.24) is 35.5 Å². The van der Waals surface area contributed by atoms with Gasteiger partial charge in [-0.1, -0.05) is 126 Å². The molecule has 2 aromatic carbocycles. The monoisotopic (exact) mass is 937 g/mol. The predicted molar refractivity (Wildman–Crippen MR) is 269 cm³/mol. The van der Waals surface area contributed by atoms with E-state index in [0.29, 0.717) is 33.1 Å². The summed E-state index contributed by atoms with van der Waals surface area (Å²) >= 11 is 15.0. The van der Waals surface area contributed by atoms with Crippen molar-refractivity contribution in [1.29, 1.82) is 0 Å². The molecule has 4 rings (SSSR count). The molecule has 0 aliphatic heterocycles. The normalized spacial score (nSPS) is 15.4. The maximum Gasteiger partial charge on any atom is 0.236 e. The first-order valence-electron chi connectivity index (χ1n) is 22.6. The quantitative estimate of drug-likeness (QED) is 0.0553. The first kappa shape index (κ1) is 52.6. The summed E-state index contributed by atoms with van der Waals surface area (Å²) in [5.41, 5.74) is 3.08. The Bertz CT molecular complexity index is 2060. The molecule has 5 atom stereocenters. The van der Waals surface area contributed by atoms with Crippen molar-refractivity contribution in [3.8, 4) is 0 Å². The van der Waals surface area contributed by atoms with Crippen LogP contribution in [0.25, 0.3) is 10.9 Å². The molecule has 3 N–H and O–H groups in total. The van der Waals surface area contributed by atoms with Gasteiger partial charge in [0.1, 0.15) is 9.22 Å². The van der Waals surface area contributed by atoms with Gasteiger partial charge in [-0.25, -0.2) is 0 Å². The van der Waals surface area contributed by atoms with Gasteiger partial charge in [-0.2, -0.15) is 0 Å². The Kier molecular flexibility index (Phi) is 20.9. The van der Waals surface area contributed by atoms with Gasteiger partial charge >= 0.3 is 0 Å². The molecule has 14 heteroatoms. The second-order valence-electron chi connectivity index (χ2n) is 19.0. The summed E-state index contributed by atoms with van der Waals surface area (Å²) in [7, 11) is 0. The third-order valence-corrected chi connectivity index (χ3v) is 14.8. The van der Waals surface area contributed by atoms with Crippen LogP contribution in [0.5, 0.6) is 0 Å². The Labute approximate surface area is 396 Å². The standard InChI is InChI=1S/C49H72ClN7O3S3/c1-10-26-62-46(61)63-49(9,34-48(8,44(59)52-31-36(4)58)30-39(29-47(5,6)7)37-17-13-12-14-18-37)45(60)53-32-41-33-57(55-54-41)25-24-56(11-2)23-15-16-35(3)27-38-21-22-51-43-28-40(50)19-20-42(38)43/h12-14,17-22,28,33,35-36,39,58H,10-11,15-16,23-27,29-32,34H2,1-9H3,(H,52,59)(H,53,60). The van der Waals surface area contributed by atoms with Crippen molar-refractivity contribution in [3.05, 3.63) is 88.8 Å². The van der Waals surface area contributed by atoms with Gasteiger partial charge in [-0.3, -0.25) is 19.3 Å². The van der Waals surface area contributed by atoms with Crippen molar-refractivity contribution in [3.63, 3.8) is 0 Å². The number of carbonyl (C=O) groups excluding carboxylic acids is 2. The molecule has 0 saturated heterocycles. The number of thiocarbonyl (C=S) groups is 1. The number of fused-ring (bicyclic) bond motifs is 1. The Morgan fingerprint density at radius 1 is 0.984 bits per heavy atom. The molecule has 63 heavy (non-hydrogen) atoms. The summed E-state index contributed by atoms with van der Waals surface area (Å²) in [4.78, 5) is 35.8. The number of aromatic nitrogens is 4. The van der Waals surface area contributed by atoms with Crippen molar-refractivity contribution in [2.45, 2.75) is 137 Å². The number of aliphatic hydroxyl groups excluding tert-OH is 1. The van der Waals surface area contributed by atoms with Gasteiger partial charge < -0.3 is 20.6 Å². The molecule has 0 fully saturated rings. The highest BCUT2D eigenvalue weighted by molar-refractivity contribution is 8.47. The number of rotatable bonds is 25. The number of benzene rings is 2. The molecule has 346 valence electrons. The number of pyridine rings is 1.